The van der Waals surface area contributed by atoms with Gasteiger partial charge in [0.1, 0.15) is 5.60 Å². The summed E-state index contributed by atoms with van der Waals surface area (Å²) in [5, 5.41) is 9.36. The van der Waals surface area contributed by atoms with Gasteiger partial charge in [0, 0.05) is 6.54 Å². The molecule has 0 amide bonds. The van der Waals surface area contributed by atoms with Crippen LogP contribution < -0.4 is 5.73 Å². The molecule has 0 fully saturated rings. The Labute approximate surface area is 72.7 Å². The number of carbonyl (C=O) groups excluding carboxylic acids is 1. The van der Waals surface area contributed by atoms with Gasteiger partial charge in [-0.1, -0.05) is 0 Å². The van der Waals surface area contributed by atoms with Crippen molar-refractivity contribution in [3.05, 3.63) is 0 Å². The minimum Gasteiger partial charge on any atom is -0.458 e. The van der Waals surface area contributed by atoms with Crippen molar-refractivity contribution in [2.75, 3.05) is 6.54 Å². The van der Waals surface area contributed by atoms with E-state index in [0.717, 1.165) is 0 Å². The number of ether oxygens (including phenoxy) is 1. The quantitative estimate of drug-likeness (QED) is 0.581. The highest BCUT2D eigenvalue weighted by molar-refractivity contribution is 5.79. The Bertz CT molecular complexity index is 170. The highest BCUT2D eigenvalue weighted by atomic mass is 16.6. The molecule has 0 saturated heterocycles. The number of carbonyl (C=O) groups is 1. The largest absolute Gasteiger partial charge is 0.458 e. The Morgan fingerprint density at radius 1 is 1.42 bits per heavy atom. The molecule has 72 valence electrons. The van der Waals surface area contributed by atoms with E-state index in [9.17, 15) is 9.90 Å². The molecule has 0 aromatic carbocycles. The van der Waals surface area contributed by atoms with Crippen LogP contribution in [-0.2, 0) is 9.53 Å². The molecule has 0 saturated carbocycles. The van der Waals surface area contributed by atoms with Crippen LogP contribution in [0.5, 0.6) is 0 Å². The van der Waals surface area contributed by atoms with Crippen molar-refractivity contribution in [3.8, 4) is 0 Å². The normalized spacial score (nSPS) is 16.8. The number of nitrogens with two attached hydrogens (primary N) is 1. The molecule has 0 aliphatic rings. The van der Waals surface area contributed by atoms with E-state index in [1.54, 1.807) is 20.8 Å². The third-order valence-corrected chi connectivity index (χ3v) is 1.24. The van der Waals surface area contributed by atoms with Crippen LogP contribution in [0.15, 0.2) is 0 Å². The lowest BCUT2D eigenvalue weighted by molar-refractivity contribution is -0.174. The summed E-state index contributed by atoms with van der Waals surface area (Å²) < 4.78 is 4.92. The molecule has 3 N–H and O–H groups in total. The molecule has 0 rings (SSSR count). The fraction of sp³-hybridized carbons (Fsp3) is 0.875. The maximum absolute atomic E-state index is 11.2. The predicted octanol–water partition coefficient (Wildman–Crippen LogP) is 0.0378. The van der Waals surface area contributed by atoms with Crippen LogP contribution in [0.25, 0.3) is 0 Å². The topological polar surface area (TPSA) is 72.5 Å². The lowest BCUT2D eigenvalue weighted by atomic mass is 10.1. The first-order chi connectivity index (χ1) is 5.19. The number of rotatable bonds is 2. The van der Waals surface area contributed by atoms with Gasteiger partial charge < -0.3 is 15.6 Å². The van der Waals surface area contributed by atoms with Crippen molar-refractivity contribution in [3.63, 3.8) is 0 Å². The minimum absolute atomic E-state index is 0.137. The standard InChI is InChI=1S/C8H17NO3/c1-7(2,3)12-6(10)8(4,11)5-9/h11H,5,9H2,1-4H3. The van der Waals surface area contributed by atoms with E-state index in [2.05, 4.69) is 0 Å². The van der Waals surface area contributed by atoms with Gasteiger partial charge in [0.15, 0.2) is 5.60 Å². The van der Waals surface area contributed by atoms with Crippen LogP contribution >= 0.6 is 0 Å². The summed E-state index contributed by atoms with van der Waals surface area (Å²) in [5.74, 6) is -0.683. The van der Waals surface area contributed by atoms with Gasteiger partial charge in [0.05, 0.1) is 0 Å². The molecule has 0 spiro atoms. The van der Waals surface area contributed by atoms with E-state index in [1.807, 2.05) is 0 Å². The molecule has 12 heavy (non-hydrogen) atoms. The van der Waals surface area contributed by atoms with Crippen LogP contribution in [0.2, 0.25) is 0 Å². The summed E-state index contributed by atoms with van der Waals surface area (Å²) in [7, 11) is 0. The zero-order chi connectivity index (χ0) is 9.99. The molecule has 4 nitrogen and oxygen atoms in total. The van der Waals surface area contributed by atoms with Crippen LogP contribution in [0, 0.1) is 0 Å². The summed E-state index contributed by atoms with van der Waals surface area (Å²) in [6, 6.07) is 0. The lowest BCUT2D eigenvalue weighted by Crippen LogP contribution is -2.46. The highest BCUT2D eigenvalue weighted by Gasteiger charge is 2.33. The van der Waals surface area contributed by atoms with Crippen LogP contribution in [0.3, 0.4) is 0 Å². The van der Waals surface area contributed by atoms with Crippen molar-refractivity contribution in [2.24, 2.45) is 5.73 Å². The maximum Gasteiger partial charge on any atom is 0.339 e. The third-order valence-electron chi connectivity index (χ3n) is 1.24. The van der Waals surface area contributed by atoms with Crippen molar-refractivity contribution >= 4 is 5.97 Å². The number of aliphatic hydroxyl groups is 1. The van der Waals surface area contributed by atoms with E-state index < -0.39 is 17.2 Å². The minimum atomic E-state index is -1.58. The van der Waals surface area contributed by atoms with Gasteiger partial charge >= 0.3 is 5.97 Å². The molecule has 0 aromatic heterocycles. The van der Waals surface area contributed by atoms with Crippen molar-refractivity contribution in [1.29, 1.82) is 0 Å². The van der Waals surface area contributed by atoms with Crippen LogP contribution in [-0.4, -0.2) is 28.8 Å². The average Bonchev–Trinajstić information content (AvgIpc) is 1.84. The first kappa shape index (κ1) is 11.4. The molecule has 0 bridgehead atoms. The number of hydrogen-bond acceptors (Lipinski definition) is 4. The van der Waals surface area contributed by atoms with Crippen molar-refractivity contribution in [1.82, 2.24) is 0 Å². The van der Waals surface area contributed by atoms with Crippen molar-refractivity contribution in [2.45, 2.75) is 38.9 Å². The number of esters is 1. The molecular weight excluding hydrogens is 158 g/mol. The van der Waals surface area contributed by atoms with Gasteiger partial charge in [0.25, 0.3) is 0 Å². The second-order valence-corrected chi connectivity index (χ2v) is 3.98. The van der Waals surface area contributed by atoms with Gasteiger partial charge in [-0.3, -0.25) is 0 Å². The Morgan fingerprint density at radius 3 is 2.08 bits per heavy atom. The Morgan fingerprint density at radius 2 is 1.83 bits per heavy atom. The van der Waals surface area contributed by atoms with Gasteiger partial charge in [-0.05, 0) is 27.7 Å². The zero-order valence-corrected chi connectivity index (χ0v) is 8.05. The maximum atomic E-state index is 11.2. The van der Waals surface area contributed by atoms with Crippen molar-refractivity contribution < 1.29 is 14.6 Å². The zero-order valence-electron chi connectivity index (χ0n) is 8.05. The first-order valence-electron chi connectivity index (χ1n) is 3.85. The molecule has 0 aliphatic heterocycles. The molecule has 0 heterocycles. The number of hydrogen-bond donors (Lipinski definition) is 2. The molecule has 0 aliphatic carbocycles. The highest BCUT2D eigenvalue weighted by Crippen LogP contribution is 2.12. The lowest BCUT2D eigenvalue weighted by Gasteiger charge is -2.26. The average molecular weight is 175 g/mol. The Hall–Kier alpha value is -0.610. The second-order valence-electron chi connectivity index (χ2n) is 3.98. The molecular formula is C8H17NO3. The van der Waals surface area contributed by atoms with E-state index >= 15 is 0 Å². The fourth-order valence-electron chi connectivity index (χ4n) is 0.471. The SMILES string of the molecule is CC(C)(C)OC(=O)C(C)(O)CN. The summed E-state index contributed by atoms with van der Waals surface area (Å²) in [6.45, 7) is 6.40. The second kappa shape index (κ2) is 3.41. The van der Waals surface area contributed by atoms with Gasteiger partial charge in [-0.2, -0.15) is 0 Å². The monoisotopic (exact) mass is 175 g/mol. The van der Waals surface area contributed by atoms with Gasteiger partial charge in [-0.15, -0.1) is 0 Å². The third kappa shape index (κ3) is 3.69. The molecule has 0 radical (unpaired) electrons. The van der Waals surface area contributed by atoms with E-state index in [1.165, 1.54) is 6.92 Å². The van der Waals surface area contributed by atoms with E-state index in [0.29, 0.717) is 0 Å². The Kier molecular flexibility index (Phi) is 3.24. The fourth-order valence-corrected chi connectivity index (χ4v) is 0.471. The summed E-state index contributed by atoms with van der Waals surface area (Å²) in [5.41, 5.74) is 3.01. The molecule has 0 aromatic rings. The van der Waals surface area contributed by atoms with Gasteiger partial charge in [0.2, 0.25) is 0 Å². The predicted molar refractivity (Wildman–Crippen MR) is 45.5 cm³/mol. The summed E-state index contributed by atoms with van der Waals surface area (Å²) >= 11 is 0. The van der Waals surface area contributed by atoms with Crippen LogP contribution in [0.1, 0.15) is 27.7 Å². The first-order valence-corrected chi connectivity index (χ1v) is 3.85. The Balaban J connectivity index is 4.23. The van der Waals surface area contributed by atoms with Crippen LogP contribution in [0.4, 0.5) is 0 Å². The van der Waals surface area contributed by atoms with E-state index in [-0.39, 0.29) is 6.54 Å². The summed E-state index contributed by atoms with van der Waals surface area (Å²) in [6.07, 6.45) is 0. The molecule has 1 unspecified atom stereocenters. The van der Waals surface area contributed by atoms with Gasteiger partial charge in [-0.25, -0.2) is 4.79 Å². The molecule has 4 heteroatoms. The molecule has 1 atom stereocenters. The smallest absolute Gasteiger partial charge is 0.339 e. The summed E-state index contributed by atoms with van der Waals surface area (Å²) in [4.78, 5) is 11.2. The van der Waals surface area contributed by atoms with E-state index in [4.69, 9.17) is 10.5 Å².